The number of esters is 1. The maximum atomic E-state index is 12.5. The third-order valence-electron chi connectivity index (χ3n) is 13.2. The quantitative estimate of drug-likeness (QED) is 0.267. The zero-order valence-electron chi connectivity index (χ0n) is 24.3. The topological polar surface area (TPSA) is 26.3 Å². The van der Waals surface area contributed by atoms with Crippen LogP contribution in [-0.4, -0.2) is 11.6 Å². The highest BCUT2D eigenvalue weighted by Crippen LogP contribution is 2.72. The Kier molecular flexibility index (Phi) is 6.98. The van der Waals surface area contributed by atoms with Crippen LogP contribution < -0.4 is 0 Å². The third-order valence-corrected chi connectivity index (χ3v) is 13.2. The first-order valence-electron chi connectivity index (χ1n) is 14.8. The van der Waals surface area contributed by atoms with Crippen molar-refractivity contribution in [1.29, 1.82) is 0 Å². The van der Waals surface area contributed by atoms with Gasteiger partial charge in [0.15, 0.2) is 0 Å². The molecule has 2 heteroatoms. The van der Waals surface area contributed by atoms with Gasteiger partial charge in [0.1, 0.15) is 5.60 Å². The van der Waals surface area contributed by atoms with Gasteiger partial charge in [-0.2, -0.15) is 0 Å². The fourth-order valence-electron chi connectivity index (χ4n) is 10.4. The van der Waals surface area contributed by atoms with E-state index >= 15 is 0 Å². The summed E-state index contributed by atoms with van der Waals surface area (Å²) in [6, 6.07) is 0. The largest absolute Gasteiger partial charge is 0.458 e. The number of hydrogen-bond acceptors (Lipinski definition) is 2. The third kappa shape index (κ3) is 3.82. The normalized spacial score (nSPS) is 44.2. The van der Waals surface area contributed by atoms with Crippen LogP contribution in [0.4, 0.5) is 0 Å². The Balaban J connectivity index is 1.60. The lowest BCUT2D eigenvalue weighted by Crippen LogP contribution is -2.60. The van der Waals surface area contributed by atoms with Crippen LogP contribution in [-0.2, 0) is 9.53 Å². The molecule has 0 aromatic carbocycles. The average Bonchev–Trinajstić information content (AvgIpc) is 3.30. The molecule has 2 nitrogen and oxygen atoms in total. The zero-order valence-corrected chi connectivity index (χ0v) is 24.3. The molecular weight excluding hydrogens is 428 g/mol. The maximum absolute atomic E-state index is 12.5. The fraction of sp³-hybridized carbons (Fsp3) is 0.848. The maximum Gasteiger partial charge on any atom is 0.306 e. The van der Waals surface area contributed by atoms with E-state index in [0.717, 1.165) is 24.7 Å². The molecule has 0 N–H and O–H groups in total. The van der Waals surface area contributed by atoms with Crippen LogP contribution in [0.25, 0.3) is 0 Å². The number of allylic oxidation sites excluding steroid dienone is 1. The summed E-state index contributed by atoms with van der Waals surface area (Å²) in [5.41, 5.74) is 3.22. The van der Waals surface area contributed by atoms with E-state index in [4.69, 9.17) is 4.74 Å². The van der Waals surface area contributed by atoms with E-state index in [1.165, 1.54) is 56.1 Å². The standard InChI is InChI=1S/C33H54O2/c1-11-30(8,22(4)5)24(7)20-23(6)26-14-17-32(10)27-13-12-25(21(2)3)33(19-16-29(34)35-33)28(27)15-18-31(26,32)9/h23-28H,2,4,11-20H2,1,3,5-10H3. The van der Waals surface area contributed by atoms with Crippen LogP contribution in [0, 0.1) is 51.8 Å². The lowest BCUT2D eigenvalue weighted by atomic mass is 9.43. The Hall–Kier alpha value is -1.05. The van der Waals surface area contributed by atoms with E-state index in [0.29, 0.717) is 40.9 Å². The molecule has 4 fully saturated rings. The van der Waals surface area contributed by atoms with Gasteiger partial charge in [0.05, 0.1) is 0 Å². The number of rotatable bonds is 7. The molecule has 3 saturated carbocycles. The summed E-state index contributed by atoms with van der Waals surface area (Å²) in [4.78, 5) is 12.5. The molecule has 0 radical (unpaired) electrons. The molecule has 3 aliphatic carbocycles. The Morgan fingerprint density at radius 1 is 1.03 bits per heavy atom. The first-order chi connectivity index (χ1) is 16.3. The van der Waals surface area contributed by atoms with Crippen LogP contribution in [0.2, 0.25) is 0 Å². The van der Waals surface area contributed by atoms with Gasteiger partial charge in [-0.3, -0.25) is 4.79 Å². The van der Waals surface area contributed by atoms with Crippen LogP contribution in [0.15, 0.2) is 24.3 Å². The van der Waals surface area contributed by atoms with Gasteiger partial charge in [0, 0.05) is 18.3 Å². The van der Waals surface area contributed by atoms with Crippen molar-refractivity contribution in [2.24, 2.45) is 51.8 Å². The second kappa shape index (κ2) is 9.05. The Bertz CT molecular complexity index is 872. The van der Waals surface area contributed by atoms with Gasteiger partial charge in [-0.25, -0.2) is 0 Å². The van der Waals surface area contributed by atoms with E-state index in [-0.39, 0.29) is 17.0 Å². The smallest absolute Gasteiger partial charge is 0.306 e. The highest BCUT2D eigenvalue weighted by molar-refractivity contribution is 5.72. The summed E-state index contributed by atoms with van der Waals surface area (Å²) in [5, 5.41) is 0. The zero-order chi connectivity index (χ0) is 26.0. The summed E-state index contributed by atoms with van der Waals surface area (Å²) in [5.74, 6) is 3.69. The van der Waals surface area contributed by atoms with Gasteiger partial charge in [-0.1, -0.05) is 65.8 Å². The van der Waals surface area contributed by atoms with Gasteiger partial charge >= 0.3 is 5.97 Å². The molecule has 0 aromatic rings. The van der Waals surface area contributed by atoms with Gasteiger partial charge in [0.2, 0.25) is 0 Å². The molecule has 1 aliphatic heterocycles. The van der Waals surface area contributed by atoms with Crippen molar-refractivity contribution in [3.8, 4) is 0 Å². The first kappa shape index (κ1) is 27.0. The Morgan fingerprint density at radius 2 is 1.69 bits per heavy atom. The molecule has 4 aliphatic rings. The summed E-state index contributed by atoms with van der Waals surface area (Å²) in [6.07, 6.45) is 11.6. The van der Waals surface area contributed by atoms with E-state index in [9.17, 15) is 4.79 Å². The van der Waals surface area contributed by atoms with Crippen molar-refractivity contribution in [2.45, 2.75) is 125 Å². The molecule has 1 saturated heterocycles. The van der Waals surface area contributed by atoms with Crippen LogP contribution in [0.1, 0.15) is 120 Å². The predicted octanol–water partition coefficient (Wildman–Crippen LogP) is 9.15. The SMILES string of the molecule is C=C(C)C1CCC2C(CCC3(C)C(C(C)CC(C)C(C)(CC)C(=C)C)CCC23C)C12CCC(=O)O2. The van der Waals surface area contributed by atoms with Crippen molar-refractivity contribution in [1.82, 2.24) is 0 Å². The monoisotopic (exact) mass is 482 g/mol. The Morgan fingerprint density at radius 3 is 2.23 bits per heavy atom. The number of hydrogen-bond donors (Lipinski definition) is 0. The average molecular weight is 483 g/mol. The molecule has 35 heavy (non-hydrogen) atoms. The van der Waals surface area contributed by atoms with Gasteiger partial charge in [0.25, 0.3) is 0 Å². The lowest BCUT2D eigenvalue weighted by molar-refractivity contribution is -0.196. The van der Waals surface area contributed by atoms with E-state index < -0.39 is 0 Å². The molecule has 0 aromatic heterocycles. The highest BCUT2D eigenvalue weighted by atomic mass is 16.6. The van der Waals surface area contributed by atoms with Gasteiger partial charge in [-0.15, -0.1) is 0 Å². The number of ether oxygens (including phenoxy) is 1. The summed E-state index contributed by atoms with van der Waals surface area (Å²) in [7, 11) is 0. The van der Waals surface area contributed by atoms with Crippen LogP contribution >= 0.6 is 0 Å². The molecule has 0 bridgehead atoms. The van der Waals surface area contributed by atoms with Crippen molar-refractivity contribution >= 4 is 5.97 Å². The molecular formula is C33H54O2. The molecule has 198 valence electrons. The molecule has 10 unspecified atom stereocenters. The fourth-order valence-corrected chi connectivity index (χ4v) is 10.4. The summed E-state index contributed by atoms with van der Waals surface area (Å²) in [6.45, 7) is 28.2. The van der Waals surface area contributed by atoms with E-state index in [2.05, 4.69) is 68.5 Å². The highest BCUT2D eigenvalue weighted by Gasteiger charge is 2.68. The minimum atomic E-state index is -0.279. The first-order valence-corrected chi connectivity index (χ1v) is 14.8. The molecule has 0 amide bonds. The summed E-state index contributed by atoms with van der Waals surface area (Å²) >= 11 is 0. The van der Waals surface area contributed by atoms with Gasteiger partial charge < -0.3 is 4.74 Å². The van der Waals surface area contributed by atoms with Crippen molar-refractivity contribution in [3.05, 3.63) is 24.3 Å². The molecule has 4 rings (SSSR count). The van der Waals surface area contributed by atoms with E-state index in [1.54, 1.807) is 0 Å². The van der Waals surface area contributed by atoms with Crippen molar-refractivity contribution in [2.75, 3.05) is 0 Å². The number of fused-ring (bicyclic) bond motifs is 4. The number of carbonyl (C=O) groups is 1. The van der Waals surface area contributed by atoms with E-state index in [1.807, 2.05) is 0 Å². The lowest BCUT2D eigenvalue weighted by Gasteiger charge is -2.63. The molecule has 1 spiro atoms. The number of carbonyl (C=O) groups excluding carboxylic acids is 1. The second-order valence-electron chi connectivity index (χ2n) is 14.3. The van der Waals surface area contributed by atoms with Crippen molar-refractivity contribution < 1.29 is 9.53 Å². The molecule has 1 heterocycles. The minimum Gasteiger partial charge on any atom is -0.458 e. The van der Waals surface area contributed by atoms with Crippen LogP contribution in [0.5, 0.6) is 0 Å². The predicted molar refractivity (Wildman–Crippen MR) is 147 cm³/mol. The summed E-state index contributed by atoms with van der Waals surface area (Å²) < 4.78 is 6.35. The van der Waals surface area contributed by atoms with Crippen LogP contribution in [0.3, 0.4) is 0 Å². The second-order valence-corrected chi connectivity index (χ2v) is 14.3. The molecule has 10 atom stereocenters. The minimum absolute atomic E-state index is 0.0266. The Labute approximate surface area is 216 Å². The van der Waals surface area contributed by atoms with Crippen molar-refractivity contribution in [3.63, 3.8) is 0 Å². The van der Waals surface area contributed by atoms with Gasteiger partial charge in [-0.05, 0) is 112 Å².